The minimum atomic E-state index is -0.427. The van der Waals surface area contributed by atoms with Crippen LogP contribution in [0.1, 0.15) is 56.3 Å². The highest BCUT2D eigenvalue weighted by molar-refractivity contribution is 6.35. The number of nitriles is 1. The van der Waals surface area contributed by atoms with Crippen molar-refractivity contribution in [3.8, 4) is 11.8 Å². The number of fused-ring (bicyclic) bond motifs is 1. The van der Waals surface area contributed by atoms with Crippen LogP contribution in [0.25, 0.3) is 17.0 Å². The number of nitrogens with zero attached hydrogens (tertiary/aromatic N) is 3. The predicted molar refractivity (Wildman–Crippen MR) is 148 cm³/mol. The molecule has 0 bridgehead atoms. The number of nitrogens with one attached hydrogen (secondary N) is 1. The standard InChI is InChI=1S/C30H33ClN4O2/c1-2-7-28(22-11-14-26(15-12-22)37-19-18-35-16-4-3-5-17-35)34-30(36)24(21-32)20-25-13-10-23-8-6-9-27(31)29(23)33-25/h6,8-15,20,28H,2-5,7,16-19H2,1H3,(H,34,36)/b24-20+. The van der Waals surface area contributed by atoms with Gasteiger partial charge in [0.25, 0.3) is 5.91 Å². The Bertz CT molecular complexity index is 1280. The van der Waals surface area contributed by atoms with Gasteiger partial charge >= 0.3 is 0 Å². The predicted octanol–water partition coefficient (Wildman–Crippen LogP) is 6.32. The lowest BCUT2D eigenvalue weighted by atomic mass is 10.0. The number of piperidine rings is 1. The summed E-state index contributed by atoms with van der Waals surface area (Å²) < 4.78 is 5.95. The Kier molecular flexibility index (Phi) is 9.53. The van der Waals surface area contributed by atoms with Crippen LogP contribution >= 0.6 is 11.6 Å². The first-order valence-electron chi connectivity index (χ1n) is 13.0. The van der Waals surface area contributed by atoms with Crippen molar-refractivity contribution in [1.29, 1.82) is 5.26 Å². The molecule has 7 heteroatoms. The molecule has 1 atom stereocenters. The van der Waals surface area contributed by atoms with Gasteiger partial charge in [0.1, 0.15) is 24.0 Å². The highest BCUT2D eigenvalue weighted by Gasteiger charge is 2.18. The minimum Gasteiger partial charge on any atom is -0.492 e. The molecule has 0 saturated carbocycles. The SMILES string of the molecule is CCCC(NC(=O)/C(C#N)=C/c1ccc2cccc(Cl)c2n1)c1ccc(OCCN2CCCCC2)cc1. The first kappa shape index (κ1) is 26.7. The number of benzene rings is 2. The molecular formula is C30H33ClN4O2. The Morgan fingerprint density at radius 1 is 1.16 bits per heavy atom. The molecule has 1 unspecified atom stereocenters. The number of hydrogen-bond donors (Lipinski definition) is 1. The van der Waals surface area contributed by atoms with Gasteiger partial charge in [-0.05, 0) is 68.3 Å². The quantitative estimate of drug-likeness (QED) is 0.252. The molecule has 1 amide bonds. The van der Waals surface area contributed by atoms with Gasteiger partial charge in [0.15, 0.2) is 0 Å². The van der Waals surface area contributed by atoms with E-state index >= 15 is 0 Å². The number of aromatic nitrogens is 1. The fourth-order valence-corrected chi connectivity index (χ4v) is 4.85. The summed E-state index contributed by atoms with van der Waals surface area (Å²) in [7, 11) is 0. The highest BCUT2D eigenvalue weighted by Crippen LogP contribution is 2.24. The molecule has 0 spiro atoms. The molecule has 1 N–H and O–H groups in total. The topological polar surface area (TPSA) is 78.2 Å². The van der Waals surface area contributed by atoms with Crippen molar-refractivity contribution in [2.24, 2.45) is 0 Å². The lowest BCUT2D eigenvalue weighted by molar-refractivity contribution is -0.117. The molecule has 1 aliphatic heterocycles. The number of hydrogen-bond acceptors (Lipinski definition) is 5. The maximum absolute atomic E-state index is 13.0. The number of carbonyl (C=O) groups excluding carboxylic acids is 1. The van der Waals surface area contributed by atoms with Crippen molar-refractivity contribution < 1.29 is 9.53 Å². The number of likely N-dealkylation sites (tertiary alicyclic amines) is 1. The van der Waals surface area contributed by atoms with Gasteiger partial charge in [-0.1, -0.05) is 61.7 Å². The van der Waals surface area contributed by atoms with E-state index in [-0.39, 0.29) is 11.6 Å². The van der Waals surface area contributed by atoms with Gasteiger partial charge in [0.05, 0.1) is 22.3 Å². The number of para-hydroxylation sites is 1. The molecule has 2 heterocycles. The van der Waals surface area contributed by atoms with Crippen LogP contribution in [-0.4, -0.2) is 42.0 Å². The number of pyridine rings is 1. The van der Waals surface area contributed by atoms with E-state index in [2.05, 4.69) is 22.1 Å². The van der Waals surface area contributed by atoms with E-state index in [9.17, 15) is 10.1 Å². The van der Waals surface area contributed by atoms with E-state index in [0.29, 0.717) is 22.8 Å². The zero-order valence-electron chi connectivity index (χ0n) is 21.3. The summed E-state index contributed by atoms with van der Waals surface area (Å²) >= 11 is 6.27. The van der Waals surface area contributed by atoms with E-state index < -0.39 is 5.91 Å². The maximum atomic E-state index is 13.0. The third-order valence-corrected chi connectivity index (χ3v) is 6.94. The molecule has 192 valence electrons. The summed E-state index contributed by atoms with van der Waals surface area (Å²) in [6, 6.07) is 18.9. The highest BCUT2D eigenvalue weighted by atomic mass is 35.5. The van der Waals surface area contributed by atoms with Crippen molar-refractivity contribution in [3.05, 3.63) is 76.5 Å². The van der Waals surface area contributed by atoms with Crippen molar-refractivity contribution in [2.75, 3.05) is 26.2 Å². The molecule has 1 aliphatic rings. The molecular weight excluding hydrogens is 484 g/mol. The van der Waals surface area contributed by atoms with E-state index in [0.717, 1.165) is 49.2 Å². The Hall–Kier alpha value is -3.40. The van der Waals surface area contributed by atoms with Crippen molar-refractivity contribution in [3.63, 3.8) is 0 Å². The fraction of sp³-hybridized carbons (Fsp3) is 0.367. The molecule has 4 rings (SSSR count). The van der Waals surface area contributed by atoms with Crippen LogP contribution in [0.5, 0.6) is 5.75 Å². The van der Waals surface area contributed by atoms with Gasteiger partial charge in [-0.2, -0.15) is 5.26 Å². The number of halogens is 1. The lowest BCUT2D eigenvalue weighted by Crippen LogP contribution is -2.33. The fourth-order valence-electron chi connectivity index (χ4n) is 4.62. The molecule has 1 saturated heterocycles. The van der Waals surface area contributed by atoms with Crippen LogP contribution < -0.4 is 10.1 Å². The molecule has 0 radical (unpaired) electrons. The third-order valence-electron chi connectivity index (χ3n) is 6.64. The van der Waals surface area contributed by atoms with Gasteiger partial charge < -0.3 is 10.1 Å². The maximum Gasteiger partial charge on any atom is 0.262 e. The Balaban J connectivity index is 1.40. The summed E-state index contributed by atoms with van der Waals surface area (Å²) in [6.45, 7) is 5.99. The first-order valence-corrected chi connectivity index (χ1v) is 13.4. The Labute approximate surface area is 223 Å². The van der Waals surface area contributed by atoms with Gasteiger partial charge in [-0.15, -0.1) is 0 Å². The normalized spacial score (nSPS) is 15.2. The molecule has 0 aliphatic carbocycles. The van der Waals surface area contributed by atoms with Crippen LogP contribution in [0, 0.1) is 11.3 Å². The summed E-state index contributed by atoms with van der Waals surface area (Å²) in [5.41, 5.74) is 2.12. The smallest absolute Gasteiger partial charge is 0.262 e. The monoisotopic (exact) mass is 516 g/mol. The molecule has 2 aromatic carbocycles. The first-order chi connectivity index (χ1) is 18.1. The lowest BCUT2D eigenvalue weighted by Gasteiger charge is -2.26. The Morgan fingerprint density at radius 2 is 1.95 bits per heavy atom. The van der Waals surface area contributed by atoms with Crippen molar-refractivity contribution in [2.45, 2.75) is 45.1 Å². The van der Waals surface area contributed by atoms with Crippen LogP contribution in [0.4, 0.5) is 0 Å². The van der Waals surface area contributed by atoms with Crippen LogP contribution in [-0.2, 0) is 4.79 Å². The molecule has 1 aromatic heterocycles. The van der Waals surface area contributed by atoms with E-state index in [1.54, 1.807) is 12.1 Å². The number of ether oxygens (including phenoxy) is 1. The second kappa shape index (κ2) is 13.2. The third kappa shape index (κ3) is 7.31. The average Bonchev–Trinajstić information content (AvgIpc) is 2.93. The van der Waals surface area contributed by atoms with E-state index in [4.69, 9.17) is 16.3 Å². The second-order valence-corrected chi connectivity index (χ2v) is 9.76. The molecule has 6 nitrogen and oxygen atoms in total. The van der Waals surface area contributed by atoms with Gasteiger partial charge in [-0.25, -0.2) is 4.98 Å². The minimum absolute atomic E-state index is 0.00215. The van der Waals surface area contributed by atoms with E-state index in [1.165, 1.54) is 25.3 Å². The molecule has 3 aromatic rings. The molecule has 1 fully saturated rings. The largest absolute Gasteiger partial charge is 0.492 e. The summed E-state index contributed by atoms with van der Waals surface area (Å²) in [6.07, 6.45) is 7.01. The summed E-state index contributed by atoms with van der Waals surface area (Å²) in [4.78, 5) is 20.0. The molecule has 37 heavy (non-hydrogen) atoms. The van der Waals surface area contributed by atoms with Crippen molar-refractivity contribution in [1.82, 2.24) is 15.2 Å². The number of carbonyl (C=O) groups is 1. The summed E-state index contributed by atoms with van der Waals surface area (Å²) in [5.74, 6) is 0.393. The zero-order chi connectivity index (χ0) is 26.0. The number of amides is 1. The summed E-state index contributed by atoms with van der Waals surface area (Å²) in [5, 5.41) is 14.2. The van der Waals surface area contributed by atoms with Gasteiger partial charge in [0, 0.05) is 11.9 Å². The van der Waals surface area contributed by atoms with Crippen LogP contribution in [0.3, 0.4) is 0 Å². The van der Waals surface area contributed by atoms with Crippen molar-refractivity contribution >= 4 is 34.5 Å². The van der Waals surface area contributed by atoms with E-state index in [1.807, 2.05) is 48.5 Å². The number of rotatable bonds is 10. The average molecular weight is 517 g/mol. The second-order valence-electron chi connectivity index (χ2n) is 9.35. The van der Waals surface area contributed by atoms with Gasteiger partial charge in [-0.3, -0.25) is 9.69 Å². The van der Waals surface area contributed by atoms with Gasteiger partial charge in [0.2, 0.25) is 0 Å². The zero-order valence-corrected chi connectivity index (χ0v) is 22.0. The van der Waals surface area contributed by atoms with Crippen LogP contribution in [0.2, 0.25) is 5.02 Å². The van der Waals surface area contributed by atoms with Crippen LogP contribution in [0.15, 0.2) is 60.2 Å². The Morgan fingerprint density at radius 3 is 2.68 bits per heavy atom.